The summed E-state index contributed by atoms with van der Waals surface area (Å²) < 4.78 is 1.35. The van der Waals surface area contributed by atoms with E-state index in [1.165, 1.54) is 10.9 Å². The summed E-state index contributed by atoms with van der Waals surface area (Å²) in [5, 5.41) is 13.9. The highest BCUT2D eigenvalue weighted by Crippen LogP contribution is 2.27. The lowest BCUT2D eigenvalue weighted by Gasteiger charge is -2.23. The summed E-state index contributed by atoms with van der Waals surface area (Å²) in [6.07, 6.45) is 4.41. The van der Waals surface area contributed by atoms with Gasteiger partial charge in [0, 0.05) is 21.7 Å². The second-order valence-corrected chi connectivity index (χ2v) is 6.50. The van der Waals surface area contributed by atoms with Gasteiger partial charge in [0.15, 0.2) is 5.82 Å². The summed E-state index contributed by atoms with van der Waals surface area (Å²) in [7, 11) is 0. The van der Waals surface area contributed by atoms with Crippen LogP contribution in [0.25, 0.3) is 0 Å². The maximum absolute atomic E-state index is 12.0. The summed E-state index contributed by atoms with van der Waals surface area (Å²) in [4.78, 5) is 23.9. The van der Waals surface area contributed by atoms with E-state index in [0.717, 1.165) is 19.3 Å². The number of hydrogen-bond donors (Lipinski definition) is 2. The molecule has 0 aliphatic heterocycles. The van der Waals surface area contributed by atoms with Gasteiger partial charge >= 0.3 is 0 Å². The van der Waals surface area contributed by atoms with Crippen molar-refractivity contribution >= 4 is 46.5 Å². The fourth-order valence-electron chi connectivity index (χ4n) is 2.31. The van der Waals surface area contributed by atoms with Crippen molar-refractivity contribution in [3.05, 3.63) is 34.4 Å². The van der Waals surface area contributed by atoms with Crippen LogP contribution >= 0.6 is 23.2 Å². The number of halogens is 2. The first-order valence-electron chi connectivity index (χ1n) is 7.46. The number of aromatic nitrogens is 3. The van der Waals surface area contributed by atoms with Gasteiger partial charge in [-0.2, -0.15) is 0 Å². The molecule has 0 unspecified atom stereocenters. The number of rotatable bonds is 5. The van der Waals surface area contributed by atoms with Crippen LogP contribution in [0.5, 0.6) is 0 Å². The molecule has 24 heavy (non-hydrogen) atoms. The highest BCUT2D eigenvalue weighted by Gasteiger charge is 2.25. The average molecular weight is 368 g/mol. The van der Waals surface area contributed by atoms with Crippen LogP contribution in [-0.4, -0.2) is 26.8 Å². The Kier molecular flexibility index (Phi) is 5.01. The van der Waals surface area contributed by atoms with E-state index in [4.69, 9.17) is 23.2 Å². The van der Waals surface area contributed by atoms with Crippen molar-refractivity contribution in [3.63, 3.8) is 0 Å². The van der Waals surface area contributed by atoms with E-state index in [9.17, 15) is 9.59 Å². The van der Waals surface area contributed by atoms with Crippen LogP contribution in [0.1, 0.15) is 19.3 Å². The average Bonchev–Trinajstić information content (AvgIpc) is 2.81. The molecule has 1 aliphatic carbocycles. The Bertz CT molecular complexity index is 753. The molecule has 2 aromatic rings. The molecule has 2 amide bonds. The molecule has 0 bridgehead atoms. The van der Waals surface area contributed by atoms with Gasteiger partial charge in [-0.3, -0.25) is 9.59 Å². The molecule has 126 valence electrons. The number of carbonyl (C=O) groups is 2. The second kappa shape index (κ2) is 7.19. The Morgan fingerprint density at radius 2 is 1.88 bits per heavy atom. The molecule has 0 radical (unpaired) electrons. The number of amides is 2. The molecule has 1 aromatic heterocycles. The molecular weight excluding hydrogens is 353 g/mol. The molecule has 1 fully saturated rings. The zero-order chi connectivity index (χ0) is 17.1. The van der Waals surface area contributed by atoms with E-state index in [0.29, 0.717) is 21.6 Å². The lowest BCUT2D eigenvalue weighted by molar-refractivity contribution is -0.122. The molecule has 1 heterocycles. The van der Waals surface area contributed by atoms with Gasteiger partial charge in [-0.25, -0.2) is 4.68 Å². The summed E-state index contributed by atoms with van der Waals surface area (Å²) in [5.74, 6) is 0.0398. The van der Waals surface area contributed by atoms with Gasteiger partial charge in [-0.05, 0) is 31.0 Å². The Balaban J connectivity index is 1.55. The van der Waals surface area contributed by atoms with Crippen LogP contribution in [0.3, 0.4) is 0 Å². The maximum atomic E-state index is 12.0. The van der Waals surface area contributed by atoms with Crippen LogP contribution in [-0.2, 0) is 16.1 Å². The van der Waals surface area contributed by atoms with Gasteiger partial charge in [0.2, 0.25) is 11.8 Å². The second-order valence-electron chi connectivity index (χ2n) is 5.62. The van der Waals surface area contributed by atoms with E-state index in [2.05, 4.69) is 20.9 Å². The molecular formula is C15H15Cl2N5O2. The first-order chi connectivity index (χ1) is 11.5. The Morgan fingerprint density at radius 3 is 2.50 bits per heavy atom. The van der Waals surface area contributed by atoms with Gasteiger partial charge in [-0.15, -0.1) is 5.10 Å². The van der Waals surface area contributed by atoms with Crippen molar-refractivity contribution in [3.8, 4) is 0 Å². The van der Waals surface area contributed by atoms with Gasteiger partial charge in [0.25, 0.3) is 0 Å². The van der Waals surface area contributed by atoms with Crippen molar-refractivity contribution in [2.24, 2.45) is 5.92 Å². The molecule has 0 atom stereocenters. The van der Waals surface area contributed by atoms with Crippen molar-refractivity contribution in [2.75, 3.05) is 10.6 Å². The number of anilines is 2. The van der Waals surface area contributed by atoms with Gasteiger partial charge in [0.1, 0.15) is 6.54 Å². The Labute approximate surface area is 148 Å². The topological polar surface area (TPSA) is 88.9 Å². The first kappa shape index (κ1) is 16.7. The van der Waals surface area contributed by atoms with E-state index < -0.39 is 0 Å². The van der Waals surface area contributed by atoms with Crippen LogP contribution in [0.4, 0.5) is 11.5 Å². The number of carbonyl (C=O) groups excluding carboxylic acids is 2. The van der Waals surface area contributed by atoms with Crippen LogP contribution in [0.2, 0.25) is 10.0 Å². The predicted octanol–water partition coefficient (Wildman–Crippen LogP) is 2.96. The fraction of sp³-hybridized carbons (Fsp3) is 0.333. The van der Waals surface area contributed by atoms with Crippen LogP contribution < -0.4 is 10.6 Å². The Morgan fingerprint density at radius 1 is 1.17 bits per heavy atom. The minimum absolute atomic E-state index is 0.0452. The standard InChI is InChI=1S/C15H15Cl2N5O2/c16-10-4-11(17)6-12(5-10)18-14(23)8-22-7-13(20-21-22)19-15(24)9-2-1-3-9/h4-7,9H,1-3,8H2,(H,18,23)(H,19,24). The zero-order valence-corrected chi connectivity index (χ0v) is 14.1. The first-order valence-corrected chi connectivity index (χ1v) is 8.22. The largest absolute Gasteiger partial charge is 0.324 e. The molecule has 0 saturated heterocycles. The molecule has 1 aromatic carbocycles. The Hall–Kier alpha value is -2.12. The highest BCUT2D eigenvalue weighted by molar-refractivity contribution is 6.35. The van der Waals surface area contributed by atoms with Crippen molar-refractivity contribution in [1.82, 2.24) is 15.0 Å². The van der Waals surface area contributed by atoms with E-state index in [1.807, 2.05) is 0 Å². The summed E-state index contributed by atoms with van der Waals surface area (Å²) in [6, 6.07) is 4.77. The number of hydrogen-bond acceptors (Lipinski definition) is 4. The third-order valence-electron chi connectivity index (χ3n) is 3.72. The number of nitrogens with one attached hydrogen (secondary N) is 2. The molecule has 7 nitrogen and oxygen atoms in total. The third kappa shape index (κ3) is 4.24. The minimum atomic E-state index is -0.310. The summed E-state index contributed by atoms with van der Waals surface area (Å²) in [5.41, 5.74) is 0.496. The van der Waals surface area contributed by atoms with E-state index in [-0.39, 0.29) is 24.3 Å². The van der Waals surface area contributed by atoms with Crippen LogP contribution in [0, 0.1) is 5.92 Å². The highest BCUT2D eigenvalue weighted by atomic mass is 35.5. The molecule has 1 aliphatic rings. The van der Waals surface area contributed by atoms with Crippen molar-refractivity contribution in [2.45, 2.75) is 25.8 Å². The van der Waals surface area contributed by atoms with Crippen molar-refractivity contribution in [1.29, 1.82) is 0 Å². The monoisotopic (exact) mass is 367 g/mol. The molecule has 1 saturated carbocycles. The quantitative estimate of drug-likeness (QED) is 0.849. The third-order valence-corrected chi connectivity index (χ3v) is 4.15. The maximum Gasteiger partial charge on any atom is 0.246 e. The summed E-state index contributed by atoms with van der Waals surface area (Å²) in [6.45, 7) is -0.0452. The lowest BCUT2D eigenvalue weighted by atomic mass is 9.85. The lowest BCUT2D eigenvalue weighted by Crippen LogP contribution is -2.28. The van der Waals surface area contributed by atoms with Crippen LogP contribution in [0.15, 0.2) is 24.4 Å². The summed E-state index contributed by atoms with van der Waals surface area (Å²) >= 11 is 11.8. The SMILES string of the molecule is O=C(Cn1cc(NC(=O)C2CCC2)nn1)Nc1cc(Cl)cc(Cl)c1. The smallest absolute Gasteiger partial charge is 0.246 e. The van der Waals surface area contributed by atoms with E-state index in [1.54, 1.807) is 18.2 Å². The van der Waals surface area contributed by atoms with Gasteiger partial charge < -0.3 is 10.6 Å². The minimum Gasteiger partial charge on any atom is -0.324 e. The molecule has 9 heteroatoms. The molecule has 0 spiro atoms. The van der Waals surface area contributed by atoms with Gasteiger partial charge in [-0.1, -0.05) is 34.8 Å². The van der Waals surface area contributed by atoms with Gasteiger partial charge in [0.05, 0.1) is 6.20 Å². The van der Waals surface area contributed by atoms with Crippen molar-refractivity contribution < 1.29 is 9.59 Å². The van der Waals surface area contributed by atoms with E-state index >= 15 is 0 Å². The number of nitrogens with zero attached hydrogens (tertiary/aromatic N) is 3. The zero-order valence-electron chi connectivity index (χ0n) is 12.6. The normalized spacial score (nSPS) is 14.1. The fourth-order valence-corrected chi connectivity index (χ4v) is 2.83. The predicted molar refractivity (Wildman–Crippen MR) is 91.1 cm³/mol. The molecule has 3 rings (SSSR count). The molecule has 2 N–H and O–H groups in total. The number of benzene rings is 1.